The molecule has 0 nitrogen and oxygen atoms in total. The van der Waals surface area contributed by atoms with Crippen molar-refractivity contribution in [3.63, 3.8) is 0 Å². The highest BCUT2D eigenvalue weighted by atomic mass is 79.9. The van der Waals surface area contributed by atoms with E-state index >= 15 is 0 Å². The van der Waals surface area contributed by atoms with Gasteiger partial charge in [-0.25, -0.2) is 0 Å². The topological polar surface area (TPSA) is 0 Å². The van der Waals surface area contributed by atoms with Crippen LogP contribution in [0.5, 0.6) is 0 Å². The summed E-state index contributed by atoms with van der Waals surface area (Å²) < 4.78 is 0. The summed E-state index contributed by atoms with van der Waals surface area (Å²) in [5, 5.41) is 1.86. The maximum atomic E-state index is 3.62. The Labute approximate surface area is 118 Å². The summed E-state index contributed by atoms with van der Waals surface area (Å²) >= 11 is 14.2. The van der Waals surface area contributed by atoms with Gasteiger partial charge < -0.3 is 0 Å². The van der Waals surface area contributed by atoms with Gasteiger partial charge in [-0.2, -0.15) is 0 Å². The quantitative estimate of drug-likeness (QED) is 0.544. The molecule has 0 aliphatic rings. The van der Waals surface area contributed by atoms with Gasteiger partial charge in [0.2, 0.25) is 0 Å². The van der Waals surface area contributed by atoms with Crippen LogP contribution in [0.1, 0.15) is 20.8 Å². The summed E-state index contributed by atoms with van der Waals surface area (Å²) in [7, 11) is 0. The fourth-order valence-electron chi connectivity index (χ4n) is 1.13. The molecule has 0 spiro atoms. The first-order chi connectivity index (χ1) is 6.69. The van der Waals surface area contributed by atoms with E-state index in [9.17, 15) is 0 Å². The van der Waals surface area contributed by atoms with Gasteiger partial charge in [-0.05, 0) is 11.1 Å². The number of halogens is 4. The van der Waals surface area contributed by atoms with Crippen LogP contribution in [0, 0.1) is 0 Å². The van der Waals surface area contributed by atoms with E-state index in [1.54, 1.807) is 0 Å². The third-order valence-corrected chi connectivity index (χ3v) is 6.64. The molecule has 0 amide bonds. The van der Waals surface area contributed by atoms with E-state index in [-0.39, 0.29) is 0 Å². The number of benzene rings is 1. The minimum atomic E-state index is 0.387. The lowest BCUT2D eigenvalue weighted by molar-refractivity contribution is 1.10. The predicted molar refractivity (Wildman–Crippen MR) is 77.4 cm³/mol. The van der Waals surface area contributed by atoms with Crippen molar-refractivity contribution in [3.05, 3.63) is 35.4 Å². The molecule has 1 aromatic rings. The van der Waals surface area contributed by atoms with Gasteiger partial charge in [0.15, 0.2) is 0 Å². The van der Waals surface area contributed by atoms with E-state index in [0.29, 0.717) is 9.65 Å². The first kappa shape index (κ1) is 13.2. The molecule has 2 atom stereocenters. The second kappa shape index (κ2) is 6.66. The lowest BCUT2D eigenvalue weighted by Gasteiger charge is -2.11. The molecule has 0 heterocycles. The van der Waals surface area contributed by atoms with Crippen molar-refractivity contribution in [3.8, 4) is 0 Å². The summed E-state index contributed by atoms with van der Waals surface area (Å²) in [6.45, 7) is 0. The maximum Gasteiger partial charge on any atom is 0.0492 e. The number of hydrogen-bond donors (Lipinski definition) is 0. The van der Waals surface area contributed by atoms with Crippen LogP contribution in [0.2, 0.25) is 0 Å². The van der Waals surface area contributed by atoms with Crippen molar-refractivity contribution in [1.82, 2.24) is 0 Å². The minimum absolute atomic E-state index is 0.387. The lowest BCUT2D eigenvalue weighted by Crippen LogP contribution is -1.95. The second-order valence-electron chi connectivity index (χ2n) is 2.91. The Hall–Kier alpha value is 1.14. The van der Waals surface area contributed by atoms with Crippen LogP contribution < -0.4 is 0 Å². The average Bonchev–Trinajstić information content (AvgIpc) is 2.27. The van der Waals surface area contributed by atoms with Gasteiger partial charge in [-0.1, -0.05) is 88.0 Å². The van der Waals surface area contributed by atoms with Gasteiger partial charge in [0.25, 0.3) is 0 Å². The Bertz CT molecular complexity index is 262. The number of hydrogen-bond acceptors (Lipinski definition) is 0. The van der Waals surface area contributed by atoms with Crippen molar-refractivity contribution in [1.29, 1.82) is 0 Å². The van der Waals surface area contributed by atoms with E-state index in [1.165, 1.54) is 11.1 Å². The van der Waals surface area contributed by atoms with Crippen molar-refractivity contribution in [2.24, 2.45) is 0 Å². The zero-order valence-electron chi connectivity index (χ0n) is 7.39. The summed E-state index contributed by atoms with van der Waals surface area (Å²) in [6, 6.07) is 8.59. The molecule has 1 rings (SSSR count). The van der Waals surface area contributed by atoms with Crippen LogP contribution in [0.15, 0.2) is 24.3 Å². The monoisotopic (exact) mass is 446 g/mol. The van der Waals surface area contributed by atoms with E-state index in [1.807, 2.05) is 0 Å². The largest absolute Gasteiger partial charge is 0.0912 e. The minimum Gasteiger partial charge on any atom is -0.0912 e. The number of rotatable bonds is 4. The van der Waals surface area contributed by atoms with Gasteiger partial charge in [0, 0.05) is 20.3 Å². The lowest BCUT2D eigenvalue weighted by atomic mass is 10.1. The standard InChI is InChI=1S/C10H10Br4/c11-5-9(13)7-2-1-3-8(4-7)10(14)6-12/h1-4,9-10H,5-6H2. The summed E-state index contributed by atoms with van der Waals surface area (Å²) in [5.74, 6) is 0. The molecule has 0 saturated carbocycles. The van der Waals surface area contributed by atoms with Crippen molar-refractivity contribution in [2.45, 2.75) is 9.65 Å². The highest BCUT2D eigenvalue weighted by Gasteiger charge is 2.09. The van der Waals surface area contributed by atoms with Gasteiger partial charge in [-0.3, -0.25) is 0 Å². The van der Waals surface area contributed by atoms with Crippen LogP contribution in [0.25, 0.3) is 0 Å². The Morgan fingerprint density at radius 2 is 1.36 bits per heavy atom. The molecule has 78 valence electrons. The van der Waals surface area contributed by atoms with Crippen molar-refractivity contribution >= 4 is 63.7 Å². The van der Waals surface area contributed by atoms with Gasteiger partial charge in [0.1, 0.15) is 0 Å². The third kappa shape index (κ3) is 3.62. The molecule has 4 heteroatoms. The Kier molecular flexibility index (Phi) is 6.29. The molecule has 0 aromatic heterocycles. The Balaban J connectivity index is 2.89. The van der Waals surface area contributed by atoms with Gasteiger partial charge in [-0.15, -0.1) is 0 Å². The number of alkyl halides is 4. The molecule has 0 aliphatic heterocycles. The van der Waals surface area contributed by atoms with Crippen molar-refractivity contribution < 1.29 is 0 Å². The third-order valence-electron chi connectivity index (χ3n) is 1.91. The van der Waals surface area contributed by atoms with E-state index in [4.69, 9.17) is 0 Å². The fraction of sp³-hybridized carbons (Fsp3) is 0.400. The summed E-state index contributed by atoms with van der Waals surface area (Å²) in [6.07, 6.45) is 0. The molecule has 0 aliphatic carbocycles. The fourth-order valence-corrected chi connectivity index (χ4v) is 2.44. The highest BCUT2D eigenvalue weighted by Crippen LogP contribution is 2.30. The Morgan fingerprint density at radius 1 is 0.929 bits per heavy atom. The smallest absolute Gasteiger partial charge is 0.0492 e. The van der Waals surface area contributed by atoms with Crippen LogP contribution in [0.4, 0.5) is 0 Å². The first-order valence-corrected chi connectivity index (χ1v) is 8.26. The van der Waals surface area contributed by atoms with E-state index in [0.717, 1.165) is 10.7 Å². The average molecular weight is 450 g/mol. The molecule has 0 radical (unpaired) electrons. The van der Waals surface area contributed by atoms with Crippen LogP contribution >= 0.6 is 63.7 Å². The van der Waals surface area contributed by atoms with E-state index in [2.05, 4.69) is 88.0 Å². The molecule has 1 aromatic carbocycles. The first-order valence-electron chi connectivity index (χ1n) is 4.19. The zero-order chi connectivity index (χ0) is 10.6. The molecular formula is C10H10Br4. The van der Waals surface area contributed by atoms with Crippen molar-refractivity contribution in [2.75, 3.05) is 10.7 Å². The van der Waals surface area contributed by atoms with Crippen LogP contribution in [0.3, 0.4) is 0 Å². The van der Waals surface area contributed by atoms with Crippen LogP contribution in [-0.4, -0.2) is 10.7 Å². The molecule has 0 saturated heterocycles. The summed E-state index contributed by atoms with van der Waals surface area (Å²) in [5.41, 5.74) is 2.62. The SMILES string of the molecule is BrCC(Br)c1cccc(C(Br)CBr)c1. The maximum absolute atomic E-state index is 3.62. The zero-order valence-corrected chi connectivity index (χ0v) is 13.7. The molecule has 0 N–H and O–H groups in total. The van der Waals surface area contributed by atoms with Crippen LogP contribution in [-0.2, 0) is 0 Å². The van der Waals surface area contributed by atoms with E-state index < -0.39 is 0 Å². The summed E-state index contributed by atoms with van der Waals surface area (Å²) in [4.78, 5) is 0.773. The molecule has 2 unspecified atom stereocenters. The Morgan fingerprint density at radius 3 is 1.71 bits per heavy atom. The van der Waals surface area contributed by atoms with Gasteiger partial charge >= 0.3 is 0 Å². The normalized spacial score (nSPS) is 15.1. The van der Waals surface area contributed by atoms with Gasteiger partial charge in [0.05, 0.1) is 0 Å². The second-order valence-corrected chi connectivity index (χ2v) is 6.42. The molecule has 0 fully saturated rings. The molecule has 14 heavy (non-hydrogen) atoms. The highest BCUT2D eigenvalue weighted by molar-refractivity contribution is 9.12. The molecular weight excluding hydrogens is 440 g/mol. The predicted octanol–water partition coefficient (Wildman–Crippen LogP) is 5.35. The molecule has 0 bridgehead atoms.